The summed E-state index contributed by atoms with van der Waals surface area (Å²) in [6, 6.07) is 15.0. The van der Waals surface area contributed by atoms with Crippen LogP contribution in [0.3, 0.4) is 0 Å². The average Bonchev–Trinajstić information content (AvgIpc) is 2.95. The van der Waals surface area contributed by atoms with Crippen LogP contribution in [-0.4, -0.2) is 42.1 Å². The molecule has 11 heteroatoms. The number of para-hydroxylation sites is 2. The molecule has 0 saturated carbocycles. The van der Waals surface area contributed by atoms with Gasteiger partial charge in [0.25, 0.3) is 15.9 Å². The van der Waals surface area contributed by atoms with Gasteiger partial charge in [0.2, 0.25) is 11.6 Å². The summed E-state index contributed by atoms with van der Waals surface area (Å²) in [5, 5.41) is 0. The van der Waals surface area contributed by atoms with Crippen molar-refractivity contribution in [3.05, 3.63) is 84.7 Å². The largest absolute Gasteiger partial charge is 0.493 e. The van der Waals surface area contributed by atoms with Gasteiger partial charge in [-0.05, 0) is 50.1 Å². The number of rotatable bonds is 12. The lowest BCUT2D eigenvalue weighted by molar-refractivity contribution is 0.293. The highest BCUT2D eigenvalue weighted by atomic mass is 32.2. The zero-order valence-electron chi connectivity index (χ0n) is 21.9. The first-order valence-electron chi connectivity index (χ1n) is 12.3. The van der Waals surface area contributed by atoms with E-state index in [4.69, 9.17) is 14.2 Å². The molecular weight excluding hydrogens is 518 g/mol. The Morgan fingerprint density at radius 2 is 1.62 bits per heavy atom. The molecule has 10 nitrogen and oxygen atoms in total. The van der Waals surface area contributed by atoms with Crippen LogP contribution >= 0.6 is 0 Å². The molecule has 0 spiro atoms. The van der Waals surface area contributed by atoms with Crippen molar-refractivity contribution in [1.82, 2.24) is 19.9 Å². The molecule has 4 aromatic rings. The van der Waals surface area contributed by atoms with Crippen LogP contribution in [0.25, 0.3) is 11.6 Å². The van der Waals surface area contributed by atoms with Crippen LogP contribution in [0.5, 0.6) is 23.1 Å². The van der Waals surface area contributed by atoms with Crippen molar-refractivity contribution < 1.29 is 22.6 Å². The first kappa shape index (κ1) is 27.5. The van der Waals surface area contributed by atoms with Gasteiger partial charge >= 0.3 is 0 Å². The molecular formula is C28H29N5O5S. The zero-order valence-corrected chi connectivity index (χ0v) is 22.7. The van der Waals surface area contributed by atoms with E-state index >= 15 is 0 Å². The van der Waals surface area contributed by atoms with Crippen molar-refractivity contribution in [2.75, 3.05) is 18.4 Å². The molecule has 2 aromatic heterocycles. The fraction of sp³-hybridized carbons (Fsp3) is 0.214. The van der Waals surface area contributed by atoms with Crippen LogP contribution in [0.4, 0.5) is 5.82 Å². The molecule has 202 valence electrons. The van der Waals surface area contributed by atoms with Crippen LogP contribution in [-0.2, 0) is 10.0 Å². The molecule has 0 saturated heterocycles. The lowest BCUT2D eigenvalue weighted by atomic mass is 10.2. The summed E-state index contributed by atoms with van der Waals surface area (Å²) in [7, 11) is -2.56. The van der Waals surface area contributed by atoms with E-state index in [1.165, 1.54) is 31.6 Å². The molecule has 39 heavy (non-hydrogen) atoms. The van der Waals surface area contributed by atoms with Crippen LogP contribution in [0, 0.1) is 6.92 Å². The third-order valence-corrected chi connectivity index (χ3v) is 6.72. The topological polar surface area (TPSA) is 125 Å². The molecule has 0 radical (unpaired) electrons. The number of sulfonamides is 1. The highest BCUT2D eigenvalue weighted by molar-refractivity contribution is 7.92. The van der Waals surface area contributed by atoms with E-state index in [1.807, 2.05) is 26.0 Å². The Morgan fingerprint density at radius 3 is 2.31 bits per heavy atom. The molecule has 0 amide bonds. The second kappa shape index (κ2) is 12.8. The Bertz CT molecular complexity index is 1530. The summed E-state index contributed by atoms with van der Waals surface area (Å²) < 4.78 is 46.9. The number of aryl methyl sites for hydroxylation is 1. The zero-order chi connectivity index (χ0) is 27.7. The second-order valence-corrected chi connectivity index (χ2v) is 9.97. The lowest BCUT2D eigenvalue weighted by Crippen LogP contribution is -2.16. The summed E-state index contributed by atoms with van der Waals surface area (Å²) in [4.78, 5) is 17.4. The third kappa shape index (κ3) is 7.08. The molecule has 0 aliphatic carbocycles. The van der Waals surface area contributed by atoms with E-state index in [0.29, 0.717) is 17.9 Å². The summed E-state index contributed by atoms with van der Waals surface area (Å²) in [5.41, 5.74) is 0.924. The first-order chi connectivity index (χ1) is 18.9. The predicted molar refractivity (Wildman–Crippen MR) is 148 cm³/mol. The van der Waals surface area contributed by atoms with E-state index in [9.17, 15) is 8.42 Å². The minimum atomic E-state index is -4.07. The van der Waals surface area contributed by atoms with Crippen LogP contribution in [0.15, 0.2) is 84.0 Å². The molecule has 1 N–H and O–H groups in total. The van der Waals surface area contributed by atoms with E-state index < -0.39 is 10.0 Å². The average molecular weight is 548 g/mol. The number of methoxy groups -OCH3 is 1. The molecule has 0 aliphatic rings. The summed E-state index contributed by atoms with van der Waals surface area (Å²) in [6.45, 7) is 4.17. The molecule has 0 bridgehead atoms. The van der Waals surface area contributed by atoms with Gasteiger partial charge in [-0.3, -0.25) is 4.72 Å². The van der Waals surface area contributed by atoms with Gasteiger partial charge in [-0.15, -0.1) is 0 Å². The monoisotopic (exact) mass is 547 g/mol. The number of benzene rings is 2. The van der Waals surface area contributed by atoms with Gasteiger partial charge in [0.05, 0.1) is 18.6 Å². The van der Waals surface area contributed by atoms with Crippen molar-refractivity contribution in [2.24, 2.45) is 0 Å². The highest BCUT2D eigenvalue weighted by Crippen LogP contribution is 2.41. The molecule has 0 aliphatic heterocycles. The third-order valence-electron chi connectivity index (χ3n) is 5.37. The maximum atomic E-state index is 13.4. The van der Waals surface area contributed by atoms with Crippen molar-refractivity contribution >= 4 is 15.8 Å². The Kier molecular flexibility index (Phi) is 9.06. The van der Waals surface area contributed by atoms with Crippen molar-refractivity contribution in [3.63, 3.8) is 0 Å². The number of nitrogens with zero attached hydrogens (tertiary/aromatic N) is 4. The minimum absolute atomic E-state index is 0.0184. The molecule has 2 aromatic carbocycles. The maximum Gasteiger partial charge on any atom is 0.263 e. The number of ether oxygens (including phenoxy) is 3. The van der Waals surface area contributed by atoms with Crippen molar-refractivity contribution in [3.8, 4) is 34.8 Å². The van der Waals surface area contributed by atoms with Gasteiger partial charge in [-0.25, -0.2) is 23.4 Å². The summed E-state index contributed by atoms with van der Waals surface area (Å²) in [6.07, 6.45) is 8.60. The highest BCUT2D eigenvalue weighted by Gasteiger charge is 2.26. The van der Waals surface area contributed by atoms with Gasteiger partial charge < -0.3 is 14.2 Å². The number of aromatic nitrogens is 4. The Hall–Kier alpha value is -4.51. The van der Waals surface area contributed by atoms with E-state index in [2.05, 4.69) is 24.7 Å². The Labute approximate surface area is 227 Å². The SMILES string of the molecule is CC/C=C/CCOc1nc(-c2ncccn2)nc(NS(=O)(=O)c2ccc(C)cc2)c1Oc1ccccc1OC. The normalized spacial score (nSPS) is 11.4. The molecule has 2 heterocycles. The van der Waals surface area contributed by atoms with Gasteiger partial charge in [0.15, 0.2) is 23.1 Å². The van der Waals surface area contributed by atoms with Crippen LogP contribution in [0.2, 0.25) is 0 Å². The predicted octanol–water partition coefficient (Wildman–Crippen LogP) is 5.58. The second-order valence-electron chi connectivity index (χ2n) is 8.29. The fourth-order valence-electron chi connectivity index (χ4n) is 3.43. The first-order valence-corrected chi connectivity index (χ1v) is 13.8. The molecule has 0 fully saturated rings. The summed E-state index contributed by atoms with van der Waals surface area (Å²) in [5.74, 6) is 0.838. The number of hydrogen-bond donors (Lipinski definition) is 1. The van der Waals surface area contributed by atoms with Crippen molar-refractivity contribution in [2.45, 2.75) is 31.6 Å². The van der Waals surface area contributed by atoms with Gasteiger partial charge in [0.1, 0.15) is 0 Å². The maximum absolute atomic E-state index is 13.4. The Balaban J connectivity index is 1.85. The number of anilines is 1. The van der Waals surface area contributed by atoms with Gasteiger partial charge in [-0.2, -0.15) is 4.98 Å². The lowest BCUT2D eigenvalue weighted by Gasteiger charge is -2.18. The number of nitrogens with one attached hydrogen (secondary N) is 1. The smallest absolute Gasteiger partial charge is 0.263 e. The van der Waals surface area contributed by atoms with Gasteiger partial charge in [0, 0.05) is 12.4 Å². The van der Waals surface area contributed by atoms with E-state index in [-0.39, 0.29) is 40.6 Å². The van der Waals surface area contributed by atoms with Crippen LogP contribution < -0.4 is 18.9 Å². The standard InChI is InChI=1S/C28H29N5O5S/c1-4-5-6-9-19-37-28-24(38-23-12-8-7-11-22(23)36-3)25(31-27(32-28)26-29-17-10-18-30-26)33-39(34,35)21-15-13-20(2)14-16-21/h5-8,10-18H,4,9,19H2,1-3H3,(H,31,32,33)/b6-5+. The molecule has 0 unspecified atom stereocenters. The van der Waals surface area contributed by atoms with Gasteiger partial charge in [-0.1, -0.05) is 48.9 Å². The summed E-state index contributed by atoms with van der Waals surface area (Å²) >= 11 is 0. The quantitative estimate of drug-likeness (QED) is 0.179. The molecule has 4 rings (SSSR count). The molecule has 0 atom stereocenters. The number of allylic oxidation sites excluding steroid dienone is 1. The van der Waals surface area contributed by atoms with Crippen LogP contribution in [0.1, 0.15) is 25.3 Å². The van der Waals surface area contributed by atoms with E-state index in [1.54, 1.807) is 42.5 Å². The number of hydrogen-bond acceptors (Lipinski definition) is 9. The van der Waals surface area contributed by atoms with E-state index in [0.717, 1.165) is 12.0 Å². The van der Waals surface area contributed by atoms with Crippen molar-refractivity contribution in [1.29, 1.82) is 0 Å². The minimum Gasteiger partial charge on any atom is -0.493 e. The Morgan fingerprint density at radius 1 is 0.897 bits per heavy atom. The fourth-order valence-corrected chi connectivity index (χ4v) is 4.43.